The molecule has 0 aromatic carbocycles. The van der Waals surface area contributed by atoms with Crippen molar-refractivity contribution in [2.24, 2.45) is 17.6 Å². The van der Waals surface area contributed by atoms with Crippen molar-refractivity contribution < 1.29 is 42.9 Å². The number of carbonyl (C=O) groups is 4. The number of nitrogens with one attached hydrogen (secondary N) is 2. The predicted octanol–water partition coefficient (Wildman–Crippen LogP) is 2.32. The number of amides is 2. The standard InChI is InChI=1S/C30H42FN3O8/c1-16-12-20-25(33-11-10-31)22(35)15-21(27(20)37)34-29(38)17(2)8-7-9-23(40-5)28(42-30(32)39)19(4)14-18(3)26(36)24(13-16)41-6/h7-9,14-16,18,23-24,26,28,33,36H,10-13H2,1-6H3,(H2,32,39)(H,34,38)/t16-,18+,23+,24+,26+,28+/m1/s1. The highest BCUT2D eigenvalue weighted by Gasteiger charge is 2.33. The monoisotopic (exact) mass is 591 g/mol. The lowest BCUT2D eigenvalue weighted by Gasteiger charge is -2.30. The Morgan fingerprint density at radius 1 is 1.19 bits per heavy atom. The molecule has 5 N–H and O–H groups in total. The second kappa shape index (κ2) is 16.1. The van der Waals surface area contributed by atoms with Crippen molar-refractivity contribution in [1.82, 2.24) is 10.6 Å². The number of rotatable bonds is 6. The molecular weight excluding hydrogens is 549 g/mol. The summed E-state index contributed by atoms with van der Waals surface area (Å²) in [4.78, 5) is 51.1. The number of aliphatic hydroxyl groups excluding tert-OH is 1. The maximum atomic E-state index is 13.5. The van der Waals surface area contributed by atoms with Gasteiger partial charge in [0.1, 0.15) is 12.8 Å². The van der Waals surface area contributed by atoms with Crippen LogP contribution in [-0.2, 0) is 28.6 Å². The minimum absolute atomic E-state index is 0.0175. The van der Waals surface area contributed by atoms with Gasteiger partial charge in [-0.3, -0.25) is 14.4 Å². The first-order valence-corrected chi connectivity index (χ1v) is 13.7. The second-order valence-electron chi connectivity index (χ2n) is 10.5. The molecule has 12 heteroatoms. The summed E-state index contributed by atoms with van der Waals surface area (Å²) in [5, 5.41) is 16.4. The molecule has 1 aliphatic heterocycles. The number of alkyl halides is 1. The molecule has 6 atom stereocenters. The smallest absolute Gasteiger partial charge is 0.405 e. The van der Waals surface area contributed by atoms with Gasteiger partial charge in [-0.05, 0) is 38.2 Å². The number of fused-ring (bicyclic) bond motifs is 2. The summed E-state index contributed by atoms with van der Waals surface area (Å²) in [5.41, 5.74) is 5.99. The van der Waals surface area contributed by atoms with Crippen LogP contribution in [0.2, 0.25) is 0 Å². The van der Waals surface area contributed by atoms with Gasteiger partial charge in [-0.1, -0.05) is 38.2 Å². The van der Waals surface area contributed by atoms with Crippen molar-refractivity contribution in [2.75, 3.05) is 27.4 Å². The van der Waals surface area contributed by atoms with E-state index in [1.807, 2.05) is 6.92 Å². The van der Waals surface area contributed by atoms with Crippen molar-refractivity contribution >= 4 is 23.6 Å². The number of aliphatic hydroxyl groups is 1. The van der Waals surface area contributed by atoms with E-state index in [2.05, 4.69) is 10.6 Å². The number of halogens is 1. The van der Waals surface area contributed by atoms with Crippen molar-refractivity contribution in [3.8, 4) is 0 Å². The summed E-state index contributed by atoms with van der Waals surface area (Å²) in [7, 11) is 2.87. The van der Waals surface area contributed by atoms with E-state index in [-0.39, 0.29) is 41.4 Å². The van der Waals surface area contributed by atoms with E-state index in [0.717, 1.165) is 6.08 Å². The number of nitrogens with two attached hydrogens (primary N) is 1. The molecule has 0 unspecified atom stereocenters. The zero-order valence-electron chi connectivity index (χ0n) is 24.9. The van der Waals surface area contributed by atoms with Crippen LogP contribution in [0.4, 0.5) is 9.18 Å². The van der Waals surface area contributed by atoms with Gasteiger partial charge < -0.3 is 35.7 Å². The first-order chi connectivity index (χ1) is 19.8. The Balaban J connectivity index is 2.61. The molecule has 0 spiro atoms. The fraction of sp³-hybridized carbons (Fsp3) is 0.533. The minimum atomic E-state index is -1.02. The Morgan fingerprint density at radius 3 is 2.48 bits per heavy atom. The van der Waals surface area contributed by atoms with Crippen molar-refractivity contribution in [3.05, 3.63) is 58.5 Å². The molecule has 232 valence electrons. The Morgan fingerprint density at radius 2 is 1.88 bits per heavy atom. The maximum absolute atomic E-state index is 13.5. The molecule has 0 saturated carbocycles. The topological polar surface area (TPSA) is 166 Å². The number of ketones is 2. The number of methoxy groups -OCH3 is 2. The van der Waals surface area contributed by atoms with Gasteiger partial charge in [-0.25, -0.2) is 9.18 Å². The number of allylic oxidation sites excluding steroid dienone is 4. The Bertz CT molecular complexity index is 1190. The summed E-state index contributed by atoms with van der Waals surface area (Å²) in [6.07, 6.45) is 3.29. The molecule has 0 radical (unpaired) electrons. The highest BCUT2D eigenvalue weighted by molar-refractivity contribution is 6.23. The highest BCUT2D eigenvalue weighted by Crippen LogP contribution is 2.28. The van der Waals surface area contributed by atoms with E-state index in [0.29, 0.717) is 12.0 Å². The Kier molecular flexibility index (Phi) is 13.3. The highest BCUT2D eigenvalue weighted by atomic mass is 19.1. The van der Waals surface area contributed by atoms with Crippen molar-refractivity contribution in [2.45, 2.75) is 65.0 Å². The van der Waals surface area contributed by atoms with Crippen molar-refractivity contribution in [1.29, 1.82) is 0 Å². The van der Waals surface area contributed by atoms with E-state index < -0.39 is 60.6 Å². The van der Waals surface area contributed by atoms with Crippen LogP contribution in [0.1, 0.15) is 40.5 Å². The van der Waals surface area contributed by atoms with Gasteiger partial charge in [0.05, 0.1) is 23.6 Å². The average molecular weight is 592 g/mol. The largest absolute Gasteiger partial charge is 0.439 e. The summed E-state index contributed by atoms with van der Waals surface area (Å²) in [6, 6.07) is 0. The predicted molar refractivity (Wildman–Crippen MR) is 154 cm³/mol. The first kappa shape index (κ1) is 34.6. The number of Topliss-reactive ketones (excluding diaryl/α,β-unsaturated/α-hetero) is 1. The second-order valence-corrected chi connectivity index (χ2v) is 10.5. The van der Waals surface area contributed by atoms with Gasteiger partial charge in [-0.2, -0.15) is 0 Å². The van der Waals surface area contributed by atoms with Gasteiger partial charge in [0.2, 0.25) is 11.6 Å². The molecule has 0 saturated heterocycles. The fourth-order valence-electron chi connectivity index (χ4n) is 4.95. The van der Waals surface area contributed by atoms with Gasteiger partial charge in [0, 0.05) is 43.9 Å². The Hall–Kier alpha value is -3.61. The van der Waals surface area contributed by atoms with Gasteiger partial charge >= 0.3 is 6.09 Å². The normalized spacial score (nSPS) is 28.5. The molecule has 11 nitrogen and oxygen atoms in total. The lowest BCUT2D eigenvalue weighted by atomic mass is 9.85. The van der Waals surface area contributed by atoms with Gasteiger partial charge in [-0.15, -0.1) is 0 Å². The molecule has 1 aliphatic carbocycles. The maximum Gasteiger partial charge on any atom is 0.405 e. The molecule has 2 amide bonds. The third-order valence-electron chi connectivity index (χ3n) is 7.19. The van der Waals surface area contributed by atoms with Gasteiger partial charge in [0.15, 0.2) is 6.10 Å². The van der Waals surface area contributed by atoms with Crippen LogP contribution in [0.25, 0.3) is 0 Å². The molecule has 0 aromatic heterocycles. The molecule has 0 aromatic rings. The fourth-order valence-corrected chi connectivity index (χ4v) is 4.95. The van der Waals surface area contributed by atoms with E-state index in [9.17, 15) is 28.7 Å². The molecule has 2 bridgehead atoms. The lowest BCUT2D eigenvalue weighted by Crippen LogP contribution is -2.38. The molecular formula is C30H42FN3O8. The number of carbonyl (C=O) groups excluding carboxylic acids is 4. The SMILES string of the molecule is CO[C@H]1C=CC=C(C)C(=O)NC2=CC(=O)C(NCCF)=C(C[C@@H](C)C[C@H](OC)[C@@H](O)[C@@H](C)C=C(C)[C@@H]1OC(N)=O)C2=O. The van der Waals surface area contributed by atoms with E-state index >= 15 is 0 Å². The summed E-state index contributed by atoms with van der Waals surface area (Å²) in [6.45, 7) is 5.92. The van der Waals surface area contributed by atoms with Crippen LogP contribution in [0, 0.1) is 11.8 Å². The van der Waals surface area contributed by atoms with Crippen molar-refractivity contribution in [3.63, 3.8) is 0 Å². The number of hydrogen-bond acceptors (Lipinski definition) is 9. The quantitative estimate of drug-likeness (QED) is 0.268. The number of hydrogen-bond donors (Lipinski definition) is 4. The van der Waals surface area contributed by atoms with E-state index in [1.165, 1.54) is 33.3 Å². The third kappa shape index (κ3) is 9.20. The third-order valence-corrected chi connectivity index (χ3v) is 7.19. The molecule has 1 heterocycles. The van der Waals surface area contributed by atoms with E-state index in [1.54, 1.807) is 26.0 Å². The van der Waals surface area contributed by atoms with E-state index in [4.69, 9.17) is 19.9 Å². The number of ether oxygens (including phenoxy) is 3. The van der Waals surface area contributed by atoms with Gasteiger partial charge in [0.25, 0.3) is 5.91 Å². The molecule has 0 fully saturated rings. The zero-order valence-corrected chi connectivity index (χ0v) is 24.9. The summed E-state index contributed by atoms with van der Waals surface area (Å²) in [5.74, 6) is -2.49. The lowest BCUT2D eigenvalue weighted by molar-refractivity contribution is -0.120. The summed E-state index contributed by atoms with van der Waals surface area (Å²) >= 11 is 0. The first-order valence-electron chi connectivity index (χ1n) is 13.7. The Labute approximate surface area is 245 Å². The molecule has 2 rings (SSSR count). The zero-order chi connectivity index (χ0) is 31.6. The molecule has 42 heavy (non-hydrogen) atoms. The van der Waals surface area contributed by atoms with Crippen LogP contribution < -0.4 is 16.4 Å². The van der Waals surface area contributed by atoms with Crippen LogP contribution in [-0.4, -0.2) is 80.5 Å². The van der Waals surface area contributed by atoms with Crippen LogP contribution in [0.5, 0.6) is 0 Å². The minimum Gasteiger partial charge on any atom is -0.439 e. The average Bonchev–Trinajstić information content (AvgIpc) is 2.94. The van der Waals surface area contributed by atoms with Crippen LogP contribution in [0.3, 0.4) is 0 Å². The molecule has 2 aliphatic rings. The number of primary amides is 1. The summed E-state index contributed by atoms with van der Waals surface area (Å²) < 4.78 is 29.4. The van der Waals surface area contributed by atoms with Crippen LogP contribution >= 0.6 is 0 Å². The van der Waals surface area contributed by atoms with Crippen LogP contribution in [0.15, 0.2) is 58.5 Å².